The SMILES string of the molecule is CCOC(=O)c1c(NC(=O)C[C@@H]2Nc3cc(C)c(C)cc3NC2=O)sc2c1CCCC2. The van der Waals surface area contributed by atoms with Gasteiger partial charge in [-0.3, -0.25) is 9.59 Å². The lowest BCUT2D eigenvalue weighted by molar-refractivity contribution is -0.122. The second-order valence-corrected chi connectivity index (χ2v) is 9.16. The van der Waals surface area contributed by atoms with E-state index < -0.39 is 12.0 Å². The summed E-state index contributed by atoms with van der Waals surface area (Å²) in [6, 6.07) is 3.21. The van der Waals surface area contributed by atoms with E-state index in [2.05, 4.69) is 16.0 Å². The van der Waals surface area contributed by atoms with E-state index >= 15 is 0 Å². The number of thiophene rings is 1. The number of hydrogen-bond acceptors (Lipinski definition) is 6. The van der Waals surface area contributed by atoms with Crippen LogP contribution in [0.3, 0.4) is 0 Å². The molecule has 0 unspecified atom stereocenters. The minimum atomic E-state index is -0.685. The lowest BCUT2D eigenvalue weighted by atomic mass is 9.95. The van der Waals surface area contributed by atoms with Crippen LogP contribution in [0, 0.1) is 13.8 Å². The zero-order valence-corrected chi connectivity index (χ0v) is 18.8. The monoisotopic (exact) mass is 441 g/mol. The molecule has 0 radical (unpaired) electrons. The number of rotatable bonds is 5. The molecule has 1 aromatic heterocycles. The highest BCUT2D eigenvalue weighted by Gasteiger charge is 2.30. The molecule has 0 saturated heterocycles. The minimum Gasteiger partial charge on any atom is -0.462 e. The van der Waals surface area contributed by atoms with Crippen molar-refractivity contribution in [1.29, 1.82) is 0 Å². The third-order valence-corrected chi connectivity index (χ3v) is 7.04. The van der Waals surface area contributed by atoms with E-state index in [1.807, 2.05) is 26.0 Å². The van der Waals surface area contributed by atoms with Gasteiger partial charge in [-0.05, 0) is 75.3 Å². The molecule has 1 atom stereocenters. The highest BCUT2D eigenvalue weighted by Crippen LogP contribution is 2.39. The van der Waals surface area contributed by atoms with E-state index in [-0.39, 0.29) is 24.8 Å². The minimum absolute atomic E-state index is 0.0387. The standard InChI is InChI=1S/C23H27N3O4S/c1-4-30-23(29)20-14-7-5-6-8-18(14)31-22(20)26-19(27)11-17-21(28)25-16-10-13(3)12(2)9-15(16)24-17/h9-10,17,24H,4-8,11H2,1-3H3,(H,25,28)(H,26,27)/t17-/m0/s1. The number of ether oxygens (including phenoxy) is 1. The molecule has 2 amide bonds. The summed E-state index contributed by atoms with van der Waals surface area (Å²) < 4.78 is 5.24. The van der Waals surface area contributed by atoms with Gasteiger partial charge in [0.1, 0.15) is 11.0 Å². The molecule has 1 aliphatic carbocycles. The van der Waals surface area contributed by atoms with Crippen molar-refractivity contribution in [1.82, 2.24) is 0 Å². The molecule has 7 nitrogen and oxygen atoms in total. The Hall–Kier alpha value is -2.87. The summed E-state index contributed by atoms with van der Waals surface area (Å²) in [6.45, 7) is 6.04. The van der Waals surface area contributed by atoms with Crippen LogP contribution >= 0.6 is 11.3 Å². The van der Waals surface area contributed by atoms with Crippen LogP contribution < -0.4 is 16.0 Å². The summed E-state index contributed by atoms with van der Waals surface area (Å²) in [5.74, 6) is -0.962. The van der Waals surface area contributed by atoms with E-state index in [9.17, 15) is 14.4 Å². The summed E-state index contributed by atoms with van der Waals surface area (Å²) in [6.07, 6.45) is 3.78. The van der Waals surface area contributed by atoms with Gasteiger partial charge in [0, 0.05) is 4.88 Å². The largest absolute Gasteiger partial charge is 0.462 e. The van der Waals surface area contributed by atoms with Crippen LogP contribution in [0.5, 0.6) is 0 Å². The number of hydrogen-bond donors (Lipinski definition) is 3. The first-order chi connectivity index (χ1) is 14.9. The van der Waals surface area contributed by atoms with Crippen molar-refractivity contribution in [2.45, 2.75) is 58.9 Å². The van der Waals surface area contributed by atoms with E-state index in [0.29, 0.717) is 10.6 Å². The molecule has 0 fully saturated rings. The molecule has 2 aromatic rings. The van der Waals surface area contributed by atoms with Gasteiger partial charge in [-0.1, -0.05) is 0 Å². The third kappa shape index (κ3) is 4.30. The Morgan fingerprint density at radius 3 is 2.61 bits per heavy atom. The number of carbonyl (C=O) groups is 3. The van der Waals surface area contributed by atoms with Crippen molar-refractivity contribution in [2.75, 3.05) is 22.6 Å². The zero-order valence-electron chi connectivity index (χ0n) is 18.0. The molecule has 1 aliphatic heterocycles. The topological polar surface area (TPSA) is 96.5 Å². The average Bonchev–Trinajstić information content (AvgIpc) is 3.08. The maximum atomic E-state index is 12.8. The Morgan fingerprint density at radius 1 is 1.16 bits per heavy atom. The highest BCUT2D eigenvalue weighted by molar-refractivity contribution is 7.17. The molecular weight excluding hydrogens is 414 g/mol. The van der Waals surface area contributed by atoms with Gasteiger partial charge >= 0.3 is 5.97 Å². The number of amides is 2. The second-order valence-electron chi connectivity index (χ2n) is 8.06. The maximum absolute atomic E-state index is 12.8. The predicted octanol–water partition coefficient (Wildman–Crippen LogP) is 4.18. The van der Waals surface area contributed by atoms with Gasteiger partial charge in [0.25, 0.3) is 0 Å². The molecule has 0 bridgehead atoms. The van der Waals surface area contributed by atoms with Crippen LogP contribution in [0.1, 0.15) is 58.1 Å². The Morgan fingerprint density at radius 2 is 1.87 bits per heavy atom. The van der Waals surface area contributed by atoms with Crippen molar-refractivity contribution < 1.29 is 19.1 Å². The predicted molar refractivity (Wildman–Crippen MR) is 122 cm³/mol. The van der Waals surface area contributed by atoms with Gasteiger partial charge in [0.15, 0.2) is 0 Å². The van der Waals surface area contributed by atoms with Gasteiger partial charge in [-0.15, -0.1) is 11.3 Å². The number of nitrogens with one attached hydrogen (secondary N) is 3. The van der Waals surface area contributed by atoms with Crippen molar-refractivity contribution >= 4 is 45.5 Å². The fourth-order valence-electron chi connectivity index (χ4n) is 4.09. The maximum Gasteiger partial charge on any atom is 0.341 e. The second kappa shape index (κ2) is 8.70. The third-order valence-electron chi connectivity index (χ3n) is 5.83. The van der Waals surface area contributed by atoms with Crippen molar-refractivity contribution in [3.8, 4) is 0 Å². The van der Waals surface area contributed by atoms with Crippen LogP contribution in [0.2, 0.25) is 0 Å². The van der Waals surface area contributed by atoms with Crippen LogP contribution in [0.15, 0.2) is 12.1 Å². The van der Waals surface area contributed by atoms with Crippen molar-refractivity contribution in [3.05, 3.63) is 39.3 Å². The first-order valence-corrected chi connectivity index (χ1v) is 11.5. The summed E-state index contributed by atoms with van der Waals surface area (Å²) in [7, 11) is 0. The smallest absolute Gasteiger partial charge is 0.341 e. The quantitative estimate of drug-likeness (QED) is 0.605. The Balaban J connectivity index is 1.51. The van der Waals surface area contributed by atoms with Gasteiger partial charge in [0.05, 0.1) is 30.0 Å². The average molecular weight is 442 g/mol. The molecule has 2 heterocycles. The van der Waals surface area contributed by atoms with Crippen LogP contribution in [0.25, 0.3) is 0 Å². The lowest BCUT2D eigenvalue weighted by Gasteiger charge is -2.27. The molecule has 3 N–H and O–H groups in total. The number of anilines is 3. The van der Waals surface area contributed by atoms with Gasteiger partial charge in [-0.25, -0.2) is 4.79 Å². The summed E-state index contributed by atoms with van der Waals surface area (Å²) in [5.41, 5.74) is 5.20. The van der Waals surface area contributed by atoms with E-state index in [0.717, 1.165) is 58.6 Å². The Labute approximate surface area is 185 Å². The molecule has 1 aromatic carbocycles. The molecule has 4 rings (SSSR count). The van der Waals surface area contributed by atoms with Crippen LogP contribution in [0.4, 0.5) is 16.4 Å². The number of aryl methyl sites for hydroxylation is 3. The molecule has 2 aliphatic rings. The van der Waals surface area contributed by atoms with E-state index in [1.165, 1.54) is 11.3 Å². The fraction of sp³-hybridized carbons (Fsp3) is 0.435. The number of fused-ring (bicyclic) bond motifs is 2. The molecule has 164 valence electrons. The number of esters is 1. The van der Waals surface area contributed by atoms with Crippen molar-refractivity contribution in [3.63, 3.8) is 0 Å². The van der Waals surface area contributed by atoms with Gasteiger partial charge in [0.2, 0.25) is 11.8 Å². The van der Waals surface area contributed by atoms with Crippen molar-refractivity contribution in [2.24, 2.45) is 0 Å². The molecule has 0 spiro atoms. The van der Waals surface area contributed by atoms with Crippen LogP contribution in [-0.2, 0) is 27.2 Å². The first-order valence-electron chi connectivity index (χ1n) is 10.7. The fourth-order valence-corrected chi connectivity index (χ4v) is 5.39. The lowest BCUT2D eigenvalue weighted by Crippen LogP contribution is -2.41. The molecule has 0 saturated carbocycles. The Kier molecular flexibility index (Phi) is 6.00. The van der Waals surface area contributed by atoms with E-state index in [4.69, 9.17) is 4.74 Å². The molecule has 8 heteroatoms. The zero-order chi connectivity index (χ0) is 22.1. The first kappa shape index (κ1) is 21.4. The van der Waals surface area contributed by atoms with E-state index in [1.54, 1.807) is 6.92 Å². The highest BCUT2D eigenvalue weighted by atomic mass is 32.1. The summed E-state index contributed by atoms with van der Waals surface area (Å²) in [5, 5.41) is 9.46. The Bertz CT molecular complexity index is 1060. The van der Waals surface area contributed by atoms with Gasteiger partial charge < -0.3 is 20.7 Å². The molecule has 31 heavy (non-hydrogen) atoms. The van der Waals surface area contributed by atoms with Crippen LogP contribution in [-0.4, -0.2) is 30.4 Å². The number of benzene rings is 1. The normalized spacial score (nSPS) is 17.1. The summed E-state index contributed by atoms with van der Waals surface area (Å²) >= 11 is 1.45. The number of carbonyl (C=O) groups excluding carboxylic acids is 3. The van der Waals surface area contributed by atoms with Gasteiger partial charge in [-0.2, -0.15) is 0 Å². The molecular formula is C23H27N3O4S. The summed E-state index contributed by atoms with van der Waals surface area (Å²) in [4.78, 5) is 39.1.